The van der Waals surface area contributed by atoms with Crippen LogP contribution in [0.5, 0.6) is 0 Å². The summed E-state index contributed by atoms with van der Waals surface area (Å²) < 4.78 is 0. The minimum atomic E-state index is -0.688. The van der Waals surface area contributed by atoms with E-state index in [-0.39, 0.29) is 17.5 Å². The SMILES string of the molecule is C=C[C@H](c1cccs1)[C@@]12CCCN1C=C(C(=O)c1ccccc1)C2=O. The summed E-state index contributed by atoms with van der Waals surface area (Å²) >= 11 is 1.64. The molecule has 0 saturated carbocycles. The van der Waals surface area contributed by atoms with Crippen molar-refractivity contribution in [2.24, 2.45) is 0 Å². The monoisotopic (exact) mass is 349 g/mol. The zero-order valence-corrected chi connectivity index (χ0v) is 14.7. The van der Waals surface area contributed by atoms with E-state index in [9.17, 15) is 9.59 Å². The topological polar surface area (TPSA) is 37.4 Å². The number of ketones is 2. The molecule has 25 heavy (non-hydrogen) atoms. The molecule has 4 heteroatoms. The van der Waals surface area contributed by atoms with Gasteiger partial charge in [-0.3, -0.25) is 9.59 Å². The van der Waals surface area contributed by atoms with Crippen LogP contribution in [0.3, 0.4) is 0 Å². The van der Waals surface area contributed by atoms with Crippen LogP contribution >= 0.6 is 11.3 Å². The van der Waals surface area contributed by atoms with Gasteiger partial charge in [-0.05, 0) is 24.3 Å². The lowest BCUT2D eigenvalue weighted by molar-refractivity contribution is -0.122. The number of nitrogens with zero attached hydrogens (tertiary/aromatic N) is 1. The van der Waals surface area contributed by atoms with E-state index < -0.39 is 5.54 Å². The summed E-state index contributed by atoms with van der Waals surface area (Å²) in [6.07, 6.45) is 5.36. The van der Waals surface area contributed by atoms with E-state index in [1.54, 1.807) is 29.7 Å². The van der Waals surface area contributed by atoms with Crippen LogP contribution < -0.4 is 0 Å². The van der Waals surface area contributed by atoms with E-state index in [2.05, 4.69) is 11.5 Å². The number of carbonyl (C=O) groups is 2. The van der Waals surface area contributed by atoms with Gasteiger partial charge in [-0.25, -0.2) is 0 Å². The predicted molar refractivity (Wildman–Crippen MR) is 99.8 cm³/mol. The van der Waals surface area contributed by atoms with Gasteiger partial charge in [0.05, 0.1) is 5.57 Å². The van der Waals surface area contributed by atoms with E-state index >= 15 is 0 Å². The second-order valence-corrected chi connectivity index (χ2v) is 7.50. The van der Waals surface area contributed by atoms with Gasteiger partial charge in [0.2, 0.25) is 0 Å². The number of Topliss-reactive ketones (excluding diaryl/α,β-unsaturated/α-hetero) is 2. The summed E-state index contributed by atoms with van der Waals surface area (Å²) in [5, 5.41) is 2.02. The largest absolute Gasteiger partial charge is 0.363 e. The third kappa shape index (κ3) is 2.32. The summed E-state index contributed by atoms with van der Waals surface area (Å²) in [6.45, 7) is 4.80. The van der Waals surface area contributed by atoms with Crippen molar-refractivity contribution in [2.75, 3.05) is 6.54 Å². The van der Waals surface area contributed by atoms with Gasteiger partial charge in [0.15, 0.2) is 11.6 Å². The molecule has 0 bridgehead atoms. The highest BCUT2D eigenvalue weighted by atomic mass is 32.1. The van der Waals surface area contributed by atoms with Crippen molar-refractivity contribution in [1.29, 1.82) is 0 Å². The van der Waals surface area contributed by atoms with E-state index in [4.69, 9.17) is 0 Å². The summed E-state index contributed by atoms with van der Waals surface area (Å²) in [6, 6.07) is 13.1. The van der Waals surface area contributed by atoms with Crippen LogP contribution in [0.15, 0.2) is 72.3 Å². The van der Waals surface area contributed by atoms with Crippen molar-refractivity contribution in [2.45, 2.75) is 24.3 Å². The fraction of sp³-hybridized carbons (Fsp3) is 0.238. The van der Waals surface area contributed by atoms with E-state index in [0.717, 1.165) is 24.3 Å². The normalized spacial score (nSPS) is 23.3. The Kier molecular flexibility index (Phi) is 3.92. The molecule has 126 valence electrons. The van der Waals surface area contributed by atoms with E-state index in [1.807, 2.05) is 41.8 Å². The molecule has 1 fully saturated rings. The van der Waals surface area contributed by atoms with Gasteiger partial charge in [0.1, 0.15) is 5.54 Å². The van der Waals surface area contributed by atoms with Crippen LogP contribution in [0.25, 0.3) is 0 Å². The number of benzene rings is 1. The molecule has 2 aliphatic heterocycles. The molecule has 2 atom stereocenters. The molecule has 0 aliphatic carbocycles. The number of rotatable bonds is 5. The first-order chi connectivity index (χ1) is 12.2. The first-order valence-electron chi connectivity index (χ1n) is 8.47. The van der Waals surface area contributed by atoms with Crippen LogP contribution in [-0.4, -0.2) is 28.6 Å². The van der Waals surface area contributed by atoms with Crippen molar-refractivity contribution in [1.82, 2.24) is 4.90 Å². The molecule has 2 aliphatic rings. The van der Waals surface area contributed by atoms with E-state index in [0.29, 0.717) is 11.1 Å². The van der Waals surface area contributed by atoms with Crippen molar-refractivity contribution in [3.63, 3.8) is 0 Å². The third-order valence-corrected chi connectivity index (χ3v) is 6.23. The van der Waals surface area contributed by atoms with Crippen LogP contribution in [0.2, 0.25) is 0 Å². The Morgan fingerprint density at radius 2 is 2.04 bits per heavy atom. The Labute approximate surface area is 151 Å². The number of fused-ring (bicyclic) bond motifs is 1. The maximum atomic E-state index is 13.4. The summed E-state index contributed by atoms with van der Waals surface area (Å²) in [4.78, 5) is 29.5. The molecule has 4 rings (SSSR count). The zero-order chi connectivity index (χ0) is 17.4. The lowest BCUT2D eigenvalue weighted by atomic mass is 9.76. The molecule has 3 nitrogen and oxygen atoms in total. The van der Waals surface area contributed by atoms with Gasteiger partial charge in [-0.15, -0.1) is 17.9 Å². The molecule has 0 unspecified atom stereocenters. The molecule has 3 heterocycles. The van der Waals surface area contributed by atoms with Crippen LogP contribution in [0, 0.1) is 0 Å². The molecule has 0 amide bonds. The number of thiophene rings is 1. The highest BCUT2D eigenvalue weighted by Gasteiger charge is 2.57. The first-order valence-corrected chi connectivity index (χ1v) is 9.35. The Bertz CT molecular complexity index is 853. The zero-order valence-electron chi connectivity index (χ0n) is 13.9. The first kappa shape index (κ1) is 16.0. The average molecular weight is 349 g/mol. The van der Waals surface area contributed by atoms with Gasteiger partial charge in [0.25, 0.3) is 0 Å². The van der Waals surface area contributed by atoms with Gasteiger partial charge >= 0.3 is 0 Å². The fourth-order valence-electron chi connectivity index (χ4n) is 4.13. The maximum Gasteiger partial charge on any atom is 0.198 e. The Balaban J connectivity index is 1.75. The molecular weight excluding hydrogens is 330 g/mol. The predicted octanol–water partition coefficient (Wildman–Crippen LogP) is 4.20. The minimum Gasteiger partial charge on any atom is -0.363 e. The molecule has 1 aromatic carbocycles. The lowest BCUT2D eigenvalue weighted by Gasteiger charge is -2.37. The fourth-order valence-corrected chi connectivity index (χ4v) is 5.04. The lowest BCUT2D eigenvalue weighted by Crippen LogP contribution is -2.48. The van der Waals surface area contributed by atoms with Gasteiger partial charge in [-0.1, -0.05) is 42.5 Å². The second-order valence-electron chi connectivity index (χ2n) is 6.52. The van der Waals surface area contributed by atoms with Crippen LogP contribution in [0.1, 0.15) is 34.0 Å². The highest BCUT2D eigenvalue weighted by molar-refractivity contribution is 7.10. The number of hydrogen-bond acceptors (Lipinski definition) is 4. The van der Waals surface area contributed by atoms with Gasteiger partial charge in [-0.2, -0.15) is 0 Å². The quantitative estimate of drug-likeness (QED) is 0.461. The van der Waals surface area contributed by atoms with Gasteiger partial charge in [0, 0.05) is 29.1 Å². The highest BCUT2D eigenvalue weighted by Crippen LogP contribution is 2.49. The number of hydrogen-bond donors (Lipinski definition) is 0. The molecule has 0 spiro atoms. The Morgan fingerprint density at radius 3 is 2.72 bits per heavy atom. The van der Waals surface area contributed by atoms with Crippen LogP contribution in [0.4, 0.5) is 0 Å². The second kappa shape index (κ2) is 6.12. The van der Waals surface area contributed by atoms with Crippen molar-refractivity contribution >= 4 is 22.9 Å². The van der Waals surface area contributed by atoms with Crippen molar-refractivity contribution in [3.05, 3.63) is 82.7 Å². The molecule has 0 N–H and O–H groups in total. The van der Waals surface area contributed by atoms with Crippen LogP contribution in [-0.2, 0) is 4.79 Å². The molecule has 2 aromatic rings. The molecule has 0 radical (unpaired) electrons. The summed E-state index contributed by atoms with van der Waals surface area (Å²) in [5.74, 6) is -0.342. The third-order valence-electron chi connectivity index (χ3n) is 5.27. The minimum absolute atomic E-state index is 0.0582. The summed E-state index contributed by atoms with van der Waals surface area (Å²) in [7, 11) is 0. The van der Waals surface area contributed by atoms with Crippen molar-refractivity contribution in [3.8, 4) is 0 Å². The van der Waals surface area contributed by atoms with Crippen molar-refractivity contribution < 1.29 is 9.59 Å². The summed E-state index contributed by atoms with van der Waals surface area (Å²) in [5.41, 5.74) is 0.172. The maximum absolute atomic E-state index is 13.4. The Hall–Kier alpha value is -2.46. The Morgan fingerprint density at radius 1 is 1.24 bits per heavy atom. The smallest absolute Gasteiger partial charge is 0.198 e. The molecule has 1 saturated heterocycles. The van der Waals surface area contributed by atoms with E-state index in [1.165, 1.54) is 0 Å². The molecule has 1 aromatic heterocycles. The average Bonchev–Trinajstić information content (AvgIpc) is 3.35. The standard InChI is InChI=1S/C21H19NO2S/c1-2-17(18-10-6-13-25-18)21-11-7-12-22(21)14-16(20(21)24)19(23)15-8-4-3-5-9-15/h2-6,8-10,13-14,17H,1,7,11-12H2/t17-,21-/m1/s1. The van der Waals surface area contributed by atoms with Gasteiger partial charge < -0.3 is 4.90 Å². The molecular formula is C21H19NO2S. The number of carbonyl (C=O) groups excluding carboxylic acids is 2.